The van der Waals surface area contributed by atoms with Crippen molar-refractivity contribution >= 4 is 0 Å². The summed E-state index contributed by atoms with van der Waals surface area (Å²) < 4.78 is 49.7. The Morgan fingerprint density at radius 3 is 2.62 bits per heavy atom. The smallest absolute Gasteiger partial charge is 0.229 e. The van der Waals surface area contributed by atoms with E-state index in [1.54, 1.807) is 0 Å². The molecule has 2 aromatic carbocycles. The highest BCUT2D eigenvalue weighted by Gasteiger charge is 2.52. The van der Waals surface area contributed by atoms with E-state index in [0.29, 0.717) is 24.4 Å². The summed E-state index contributed by atoms with van der Waals surface area (Å²) in [5, 5.41) is 14.1. The van der Waals surface area contributed by atoms with Gasteiger partial charge in [0.15, 0.2) is 0 Å². The minimum absolute atomic E-state index is 0.0397. The lowest BCUT2D eigenvalue weighted by Crippen LogP contribution is -2.66. The molecule has 2 fully saturated rings. The van der Waals surface area contributed by atoms with Crippen LogP contribution in [0.15, 0.2) is 52.9 Å². The first-order valence-electron chi connectivity index (χ1n) is 12.6. The number of hydrogen-bond acceptors (Lipinski definition) is 6. The van der Waals surface area contributed by atoms with Crippen molar-refractivity contribution in [1.29, 1.82) is 0 Å². The average Bonchev–Trinajstić information content (AvgIpc) is 3.42. The van der Waals surface area contributed by atoms with Crippen LogP contribution in [0.25, 0.3) is 11.5 Å². The Bertz CT molecular complexity index is 1250. The van der Waals surface area contributed by atoms with Gasteiger partial charge in [0.2, 0.25) is 5.89 Å². The molecule has 3 aromatic rings. The highest BCUT2D eigenvalue weighted by molar-refractivity contribution is 5.55. The molecule has 0 bridgehead atoms. The van der Waals surface area contributed by atoms with E-state index in [0.717, 1.165) is 23.8 Å². The fraction of sp³-hybridized carbons (Fsp3) is 0.464. The van der Waals surface area contributed by atoms with Gasteiger partial charge in [0.1, 0.15) is 29.3 Å². The molecule has 5 rings (SSSR count). The molecule has 2 aliphatic heterocycles. The van der Waals surface area contributed by atoms with E-state index in [1.165, 1.54) is 0 Å². The van der Waals surface area contributed by atoms with E-state index in [9.17, 15) is 18.3 Å². The summed E-state index contributed by atoms with van der Waals surface area (Å²) in [5.41, 5.74) is 7.46. The second-order valence-corrected chi connectivity index (χ2v) is 11.2. The van der Waals surface area contributed by atoms with Crippen LogP contribution in [0.1, 0.15) is 43.8 Å². The molecule has 6 atom stereocenters. The number of rotatable bonds is 5. The molecule has 1 aromatic heterocycles. The van der Waals surface area contributed by atoms with Gasteiger partial charge < -0.3 is 20.6 Å². The number of nitrogens with one attached hydrogen (secondary N) is 1. The third kappa shape index (κ3) is 4.93. The lowest BCUT2D eigenvalue weighted by molar-refractivity contribution is -0.0768. The molecule has 2 unspecified atom stereocenters. The Morgan fingerprint density at radius 2 is 1.92 bits per heavy atom. The van der Waals surface area contributed by atoms with Crippen LogP contribution in [0, 0.1) is 23.0 Å². The van der Waals surface area contributed by atoms with E-state index in [1.807, 2.05) is 56.0 Å². The van der Waals surface area contributed by atoms with E-state index < -0.39 is 53.5 Å². The van der Waals surface area contributed by atoms with Gasteiger partial charge in [-0.1, -0.05) is 51.1 Å². The second kappa shape index (κ2) is 9.87. The Labute approximate surface area is 214 Å². The second-order valence-electron chi connectivity index (χ2n) is 11.2. The molecule has 0 radical (unpaired) electrons. The number of halogens is 3. The van der Waals surface area contributed by atoms with Crippen molar-refractivity contribution in [3.8, 4) is 11.5 Å². The minimum atomic E-state index is -1.12. The summed E-state index contributed by atoms with van der Waals surface area (Å²) >= 11 is 0. The molecule has 2 aliphatic rings. The van der Waals surface area contributed by atoms with Crippen molar-refractivity contribution < 1.29 is 22.7 Å². The predicted molar refractivity (Wildman–Crippen MR) is 134 cm³/mol. The van der Waals surface area contributed by atoms with E-state index in [2.05, 4.69) is 5.32 Å². The Balaban J connectivity index is 1.63. The van der Waals surface area contributed by atoms with Gasteiger partial charge in [-0.05, 0) is 29.2 Å². The third-order valence-electron chi connectivity index (χ3n) is 7.50. The van der Waals surface area contributed by atoms with Crippen LogP contribution in [0.4, 0.5) is 13.2 Å². The maximum absolute atomic E-state index is 14.8. The van der Waals surface area contributed by atoms with Gasteiger partial charge in [-0.25, -0.2) is 18.2 Å². The standard InChI is InChI=1S/C28H33F3N4O2/c1-28(2,3)25(35-14-18-20(31)13-33-22(18)24(36)26(35)32)23-21(11-15-7-5-4-6-8-15)37-27(34-23)17-12-16(29)9-10-19(17)30/h4-10,12,18,20,22,24-26,33,36H,11,13-14,32H2,1-3H3/t18-,20-,22?,24-,25-,26?/m0/s1. The number of oxazole rings is 1. The molecule has 4 N–H and O–H groups in total. The van der Waals surface area contributed by atoms with Gasteiger partial charge in [0, 0.05) is 31.5 Å². The SMILES string of the molecule is CC(C)(C)[C@H](c1nc(-c2cc(F)ccc2F)oc1Cc1ccccc1)N1C[C@@H]2C(NC[C@@H]2F)[C@H](O)C1N. The Hall–Kier alpha value is -2.72. The fourth-order valence-electron chi connectivity index (χ4n) is 5.76. The van der Waals surface area contributed by atoms with Crippen molar-refractivity contribution in [2.24, 2.45) is 17.1 Å². The monoisotopic (exact) mass is 514 g/mol. The molecule has 0 saturated carbocycles. The van der Waals surface area contributed by atoms with Crippen LogP contribution in [-0.4, -0.2) is 52.6 Å². The lowest BCUT2D eigenvalue weighted by atomic mass is 9.79. The number of hydrogen-bond donors (Lipinski definition) is 3. The highest BCUT2D eigenvalue weighted by atomic mass is 19.1. The first kappa shape index (κ1) is 25.9. The first-order chi connectivity index (χ1) is 17.5. The minimum Gasteiger partial charge on any atom is -0.440 e. The quantitative estimate of drug-likeness (QED) is 0.474. The van der Waals surface area contributed by atoms with Gasteiger partial charge in [-0.3, -0.25) is 4.90 Å². The van der Waals surface area contributed by atoms with Gasteiger partial charge in [0.25, 0.3) is 0 Å². The molecular weight excluding hydrogens is 481 g/mol. The number of piperidine rings is 1. The summed E-state index contributed by atoms with van der Waals surface area (Å²) in [4.78, 5) is 6.62. The summed E-state index contributed by atoms with van der Waals surface area (Å²) in [6.45, 7) is 6.49. The molecule has 0 aliphatic carbocycles. The zero-order valence-corrected chi connectivity index (χ0v) is 21.2. The molecule has 0 amide bonds. The van der Waals surface area contributed by atoms with Crippen molar-refractivity contribution in [1.82, 2.24) is 15.2 Å². The van der Waals surface area contributed by atoms with Crippen molar-refractivity contribution in [3.63, 3.8) is 0 Å². The van der Waals surface area contributed by atoms with Gasteiger partial charge >= 0.3 is 0 Å². The van der Waals surface area contributed by atoms with Gasteiger partial charge in [-0.2, -0.15) is 0 Å². The summed E-state index contributed by atoms with van der Waals surface area (Å²) in [5.74, 6) is -1.26. The molecule has 6 nitrogen and oxygen atoms in total. The van der Waals surface area contributed by atoms with Crippen molar-refractivity contribution in [2.75, 3.05) is 13.1 Å². The molecule has 37 heavy (non-hydrogen) atoms. The number of nitrogens with two attached hydrogens (primary N) is 1. The van der Waals surface area contributed by atoms with Crippen LogP contribution in [0.3, 0.4) is 0 Å². The number of fused-ring (bicyclic) bond motifs is 1. The third-order valence-corrected chi connectivity index (χ3v) is 7.50. The maximum Gasteiger partial charge on any atom is 0.229 e. The largest absolute Gasteiger partial charge is 0.440 e. The van der Waals surface area contributed by atoms with Crippen LogP contribution >= 0.6 is 0 Å². The van der Waals surface area contributed by atoms with E-state index >= 15 is 0 Å². The summed E-state index contributed by atoms with van der Waals surface area (Å²) in [6.07, 6.45) is -2.54. The first-order valence-corrected chi connectivity index (χ1v) is 12.6. The highest BCUT2D eigenvalue weighted by Crippen LogP contribution is 2.45. The number of nitrogens with zero attached hydrogens (tertiary/aromatic N) is 2. The fourth-order valence-corrected chi connectivity index (χ4v) is 5.76. The molecular formula is C28H33F3N4O2. The number of likely N-dealkylation sites (tertiary alicyclic amines) is 1. The number of aromatic nitrogens is 1. The normalized spacial score (nSPS) is 27.3. The topological polar surface area (TPSA) is 87.5 Å². The Morgan fingerprint density at radius 1 is 1.19 bits per heavy atom. The Kier molecular flexibility index (Phi) is 6.91. The van der Waals surface area contributed by atoms with Crippen LogP contribution in [-0.2, 0) is 6.42 Å². The lowest BCUT2D eigenvalue weighted by Gasteiger charge is -2.50. The summed E-state index contributed by atoms with van der Waals surface area (Å²) in [6, 6.07) is 11.8. The average molecular weight is 515 g/mol. The van der Waals surface area contributed by atoms with E-state index in [-0.39, 0.29) is 18.0 Å². The summed E-state index contributed by atoms with van der Waals surface area (Å²) in [7, 11) is 0. The number of aliphatic hydroxyl groups is 1. The zero-order chi connectivity index (χ0) is 26.5. The number of aliphatic hydroxyl groups excluding tert-OH is 1. The van der Waals surface area contributed by atoms with E-state index in [4.69, 9.17) is 15.1 Å². The molecule has 9 heteroatoms. The van der Waals surface area contributed by atoms with Gasteiger partial charge in [0.05, 0.1) is 23.9 Å². The number of alkyl halides is 1. The van der Waals surface area contributed by atoms with Crippen LogP contribution in [0.5, 0.6) is 0 Å². The van der Waals surface area contributed by atoms with Crippen LogP contribution < -0.4 is 11.1 Å². The zero-order valence-electron chi connectivity index (χ0n) is 21.2. The number of benzene rings is 2. The maximum atomic E-state index is 14.8. The molecule has 3 heterocycles. The predicted octanol–water partition coefficient (Wildman–Crippen LogP) is 4.19. The molecule has 0 spiro atoms. The van der Waals surface area contributed by atoms with Crippen molar-refractivity contribution in [2.45, 2.75) is 57.7 Å². The molecule has 2 saturated heterocycles. The van der Waals surface area contributed by atoms with Crippen molar-refractivity contribution in [3.05, 3.63) is 77.2 Å². The molecule has 198 valence electrons. The van der Waals surface area contributed by atoms with Crippen LogP contribution in [0.2, 0.25) is 0 Å². The van der Waals surface area contributed by atoms with Gasteiger partial charge in [-0.15, -0.1) is 0 Å².